The van der Waals surface area contributed by atoms with Crippen LogP contribution in [-0.2, 0) is 15.3 Å². The Morgan fingerprint density at radius 1 is 1.05 bits per heavy atom. The minimum Gasteiger partial charge on any atom is -0.343 e. The van der Waals surface area contributed by atoms with Gasteiger partial charge in [0, 0.05) is 16.2 Å². The first-order chi connectivity index (χ1) is 10.3. The van der Waals surface area contributed by atoms with Crippen LogP contribution in [0.25, 0.3) is 9.75 Å². The Balaban J connectivity index is 1.74. The molecular weight excluding hydrogens is 300 g/mol. The fourth-order valence-electron chi connectivity index (χ4n) is 2.74. The summed E-state index contributed by atoms with van der Waals surface area (Å²) in [6, 6.07) is 8.66. The molecule has 3 rings (SSSR count). The maximum absolute atomic E-state index is 6.03. The quantitative estimate of drug-likeness (QED) is 0.614. The first-order valence-corrected chi connectivity index (χ1v) is 9.46. The molecule has 3 heterocycles. The Kier molecular flexibility index (Phi) is 5.11. The Hall–Kier alpha value is -0.680. The lowest BCUT2D eigenvalue weighted by Crippen LogP contribution is -2.25. The molecule has 0 unspecified atom stereocenters. The Labute approximate surface area is 134 Å². The highest BCUT2D eigenvalue weighted by molar-refractivity contribution is 7.21. The largest absolute Gasteiger partial charge is 0.343 e. The van der Waals surface area contributed by atoms with Crippen LogP contribution in [0.5, 0.6) is 0 Å². The van der Waals surface area contributed by atoms with Crippen LogP contribution in [0.3, 0.4) is 0 Å². The van der Waals surface area contributed by atoms with E-state index in [0.717, 1.165) is 6.42 Å². The standard InChI is InChI=1S/C17H22O2S2/c1-2-3-4-5-10-17(18-11-12-19-17)16-9-8-15(21-16)14-7-6-13-20-14/h6-9,13H,2-5,10-12H2,1H3. The summed E-state index contributed by atoms with van der Waals surface area (Å²) in [7, 11) is 0. The molecule has 1 fully saturated rings. The van der Waals surface area contributed by atoms with E-state index in [1.165, 1.54) is 40.3 Å². The van der Waals surface area contributed by atoms with Gasteiger partial charge in [0.2, 0.25) is 5.79 Å². The van der Waals surface area contributed by atoms with Crippen molar-refractivity contribution in [2.75, 3.05) is 13.2 Å². The molecule has 0 radical (unpaired) electrons. The highest BCUT2D eigenvalue weighted by Gasteiger charge is 2.39. The third-order valence-electron chi connectivity index (χ3n) is 3.86. The van der Waals surface area contributed by atoms with Gasteiger partial charge in [-0.3, -0.25) is 0 Å². The topological polar surface area (TPSA) is 18.5 Å². The van der Waals surface area contributed by atoms with Crippen LogP contribution in [0.4, 0.5) is 0 Å². The van der Waals surface area contributed by atoms with Gasteiger partial charge in [-0.05, 0) is 30.0 Å². The first kappa shape index (κ1) is 15.2. The molecule has 1 saturated heterocycles. The van der Waals surface area contributed by atoms with Crippen molar-refractivity contribution in [3.8, 4) is 9.75 Å². The van der Waals surface area contributed by atoms with Crippen molar-refractivity contribution in [3.05, 3.63) is 34.5 Å². The highest BCUT2D eigenvalue weighted by atomic mass is 32.1. The summed E-state index contributed by atoms with van der Waals surface area (Å²) in [6.45, 7) is 3.66. The third-order valence-corrected chi connectivity index (χ3v) is 6.13. The van der Waals surface area contributed by atoms with Crippen molar-refractivity contribution in [2.24, 2.45) is 0 Å². The average Bonchev–Trinajstić information content (AvgIpc) is 3.24. The lowest BCUT2D eigenvalue weighted by molar-refractivity contribution is -0.169. The summed E-state index contributed by atoms with van der Waals surface area (Å²) < 4.78 is 12.1. The van der Waals surface area contributed by atoms with Gasteiger partial charge in [-0.15, -0.1) is 22.7 Å². The summed E-state index contributed by atoms with van der Waals surface area (Å²) in [5, 5.41) is 2.12. The maximum Gasteiger partial charge on any atom is 0.204 e. The molecule has 0 amide bonds. The predicted octanol–water partition coefficient (Wildman–Crippen LogP) is 5.65. The summed E-state index contributed by atoms with van der Waals surface area (Å²) in [6.07, 6.45) is 5.95. The average molecular weight is 322 g/mol. The second kappa shape index (κ2) is 7.05. The van der Waals surface area contributed by atoms with Crippen LogP contribution in [-0.4, -0.2) is 13.2 Å². The highest BCUT2D eigenvalue weighted by Crippen LogP contribution is 2.43. The molecule has 0 aliphatic carbocycles. The lowest BCUT2D eigenvalue weighted by Gasteiger charge is -2.26. The normalized spacial score (nSPS) is 17.4. The van der Waals surface area contributed by atoms with E-state index < -0.39 is 5.79 Å². The fourth-order valence-corrected chi connectivity index (χ4v) is 4.71. The number of ether oxygens (including phenoxy) is 2. The van der Waals surface area contributed by atoms with E-state index in [0.29, 0.717) is 13.2 Å². The summed E-state index contributed by atoms with van der Waals surface area (Å²) >= 11 is 3.59. The van der Waals surface area contributed by atoms with Gasteiger partial charge in [-0.2, -0.15) is 0 Å². The second-order valence-electron chi connectivity index (χ2n) is 5.40. The van der Waals surface area contributed by atoms with Crippen LogP contribution in [0.1, 0.15) is 43.9 Å². The number of hydrogen-bond donors (Lipinski definition) is 0. The van der Waals surface area contributed by atoms with Crippen LogP contribution in [0.15, 0.2) is 29.6 Å². The summed E-state index contributed by atoms with van der Waals surface area (Å²) in [5.74, 6) is -0.478. The van der Waals surface area contributed by atoms with E-state index >= 15 is 0 Å². The van der Waals surface area contributed by atoms with Crippen molar-refractivity contribution in [2.45, 2.75) is 44.8 Å². The third kappa shape index (κ3) is 3.39. The van der Waals surface area contributed by atoms with E-state index in [1.807, 2.05) is 11.3 Å². The van der Waals surface area contributed by atoms with Gasteiger partial charge in [-0.25, -0.2) is 0 Å². The van der Waals surface area contributed by atoms with Crippen molar-refractivity contribution >= 4 is 22.7 Å². The smallest absolute Gasteiger partial charge is 0.204 e. The van der Waals surface area contributed by atoms with Gasteiger partial charge in [0.05, 0.1) is 18.1 Å². The molecule has 2 aromatic rings. The number of rotatable bonds is 7. The minimum atomic E-state index is -0.478. The second-order valence-corrected chi connectivity index (χ2v) is 7.43. The van der Waals surface area contributed by atoms with Crippen molar-refractivity contribution < 1.29 is 9.47 Å². The van der Waals surface area contributed by atoms with Gasteiger partial charge >= 0.3 is 0 Å². The fraction of sp³-hybridized carbons (Fsp3) is 0.529. The maximum atomic E-state index is 6.03. The van der Waals surface area contributed by atoms with Crippen molar-refractivity contribution in [1.29, 1.82) is 0 Å². The first-order valence-electron chi connectivity index (χ1n) is 7.76. The van der Waals surface area contributed by atoms with Crippen molar-refractivity contribution in [1.82, 2.24) is 0 Å². The van der Waals surface area contributed by atoms with Gasteiger partial charge in [0.25, 0.3) is 0 Å². The number of unbranched alkanes of at least 4 members (excludes halogenated alkanes) is 3. The van der Waals surface area contributed by atoms with Crippen LogP contribution in [0, 0.1) is 0 Å². The molecule has 4 heteroatoms. The van der Waals surface area contributed by atoms with E-state index in [9.17, 15) is 0 Å². The van der Waals surface area contributed by atoms with Crippen LogP contribution in [0.2, 0.25) is 0 Å². The Morgan fingerprint density at radius 2 is 1.90 bits per heavy atom. The van der Waals surface area contributed by atoms with E-state index in [-0.39, 0.29) is 0 Å². The molecule has 0 atom stereocenters. The number of hydrogen-bond acceptors (Lipinski definition) is 4. The van der Waals surface area contributed by atoms with E-state index in [4.69, 9.17) is 9.47 Å². The molecule has 0 bridgehead atoms. The molecule has 2 aromatic heterocycles. The summed E-state index contributed by atoms with van der Waals surface area (Å²) in [4.78, 5) is 3.86. The van der Waals surface area contributed by atoms with Gasteiger partial charge in [-0.1, -0.05) is 32.3 Å². The van der Waals surface area contributed by atoms with Crippen molar-refractivity contribution in [3.63, 3.8) is 0 Å². The minimum absolute atomic E-state index is 0.478. The molecule has 21 heavy (non-hydrogen) atoms. The number of thiophene rings is 2. The molecular formula is C17H22O2S2. The zero-order valence-electron chi connectivity index (χ0n) is 12.5. The zero-order valence-corrected chi connectivity index (χ0v) is 14.1. The Morgan fingerprint density at radius 3 is 2.62 bits per heavy atom. The molecule has 1 aliphatic rings. The molecule has 0 aromatic carbocycles. The SMILES string of the molecule is CCCCCCC1(c2ccc(-c3cccs3)s2)OCCO1. The monoisotopic (exact) mass is 322 g/mol. The van der Waals surface area contributed by atoms with E-state index in [2.05, 4.69) is 36.6 Å². The molecule has 114 valence electrons. The van der Waals surface area contributed by atoms with Gasteiger partial charge in [0.1, 0.15) is 0 Å². The zero-order chi connectivity index (χ0) is 14.5. The Bertz CT molecular complexity index is 539. The molecule has 0 saturated carbocycles. The van der Waals surface area contributed by atoms with Gasteiger partial charge in [0.15, 0.2) is 0 Å². The van der Waals surface area contributed by atoms with Gasteiger partial charge < -0.3 is 9.47 Å². The lowest BCUT2D eigenvalue weighted by atomic mass is 10.0. The predicted molar refractivity (Wildman–Crippen MR) is 90.0 cm³/mol. The van der Waals surface area contributed by atoms with E-state index in [1.54, 1.807) is 11.3 Å². The molecule has 2 nitrogen and oxygen atoms in total. The molecule has 1 aliphatic heterocycles. The van der Waals surface area contributed by atoms with Crippen LogP contribution >= 0.6 is 22.7 Å². The molecule has 0 spiro atoms. The summed E-state index contributed by atoms with van der Waals surface area (Å²) in [5.41, 5.74) is 0. The molecule has 0 N–H and O–H groups in total. The van der Waals surface area contributed by atoms with Crippen LogP contribution < -0.4 is 0 Å².